The molecule has 0 aliphatic heterocycles. The Morgan fingerprint density at radius 1 is 0.814 bits per heavy atom. The summed E-state index contributed by atoms with van der Waals surface area (Å²) < 4.78 is 29.2. The maximum Gasteiger partial charge on any atom is 0.264 e. The highest BCUT2D eigenvalue weighted by atomic mass is 35.5. The Morgan fingerprint density at radius 3 is 2.02 bits per heavy atom. The number of sulfonamides is 1. The molecule has 1 atom stereocenters. The van der Waals surface area contributed by atoms with E-state index in [9.17, 15) is 18.0 Å². The summed E-state index contributed by atoms with van der Waals surface area (Å²) in [6.45, 7) is 4.98. The van der Waals surface area contributed by atoms with Crippen molar-refractivity contribution in [3.05, 3.63) is 131 Å². The molecule has 4 rings (SSSR count). The molecular formula is C34H36ClN3O4S. The third-order valence-corrected chi connectivity index (χ3v) is 9.14. The van der Waals surface area contributed by atoms with Gasteiger partial charge in [-0.2, -0.15) is 0 Å². The molecule has 0 aliphatic rings. The van der Waals surface area contributed by atoms with Crippen molar-refractivity contribution in [2.24, 2.45) is 0 Å². The normalized spacial score (nSPS) is 12.0. The number of carbonyl (C=O) groups is 2. The van der Waals surface area contributed by atoms with E-state index in [0.29, 0.717) is 21.8 Å². The SMILES string of the molecule is Cc1ccccc1N(CC(=O)N(Cc1ccccc1Cl)C(Cc1ccccc1)C(=O)NC(C)C)S(=O)(=O)c1ccccc1. The number of para-hydroxylation sites is 1. The molecule has 0 aromatic heterocycles. The van der Waals surface area contributed by atoms with Gasteiger partial charge in [-0.1, -0.05) is 96.5 Å². The molecule has 0 bridgehead atoms. The van der Waals surface area contributed by atoms with Gasteiger partial charge in [0.25, 0.3) is 10.0 Å². The van der Waals surface area contributed by atoms with Crippen LogP contribution in [-0.4, -0.2) is 43.8 Å². The number of anilines is 1. The minimum atomic E-state index is -4.15. The third-order valence-electron chi connectivity index (χ3n) is 6.99. The number of halogens is 1. The summed E-state index contributed by atoms with van der Waals surface area (Å²) >= 11 is 6.53. The van der Waals surface area contributed by atoms with Crippen LogP contribution in [0.4, 0.5) is 5.69 Å². The number of hydrogen-bond acceptors (Lipinski definition) is 4. The lowest BCUT2D eigenvalue weighted by Gasteiger charge is -2.34. The summed E-state index contributed by atoms with van der Waals surface area (Å²) in [5.41, 5.74) is 2.56. The van der Waals surface area contributed by atoms with Gasteiger partial charge >= 0.3 is 0 Å². The van der Waals surface area contributed by atoms with Crippen molar-refractivity contribution >= 4 is 39.1 Å². The average Bonchev–Trinajstić information content (AvgIpc) is 2.99. The number of rotatable bonds is 12. The molecule has 4 aromatic rings. The van der Waals surface area contributed by atoms with Gasteiger partial charge in [0.05, 0.1) is 10.6 Å². The highest BCUT2D eigenvalue weighted by molar-refractivity contribution is 7.92. The molecule has 1 unspecified atom stereocenters. The molecule has 9 heteroatoms. The molecule has 0 fully saturated rings. The van der Waals surface area contributed by atoms with Crippen molar-refractivity contribution in [2.45, 2.75) is 50.7 Å². The van der Waals surface area contributed by atoms with Crippen LogP contribution in [0.15, 0.2) is 114 Å². The highest BCUT2D eigenvalue weighted by Crippen LogP contribution is 2.28. The number of benzene rings is 4. The maximum absolute atomic E-state index is 14.5. The van der Waals surface area contributed by atoms with Crippen LogP contribution in [0.3, 0.4) is 0 Å². The van der Waals surface area contributed by atoms with Crippen LogP contribution in [0.1, 0.15) is 30.5 Å². The molecule has 0 spiro atoms. The Balaban J connectivity index is 1.82. The van der Waals surface area contributed by atoms with Crippen LogP contribution >= 0.6 is 11.6 Å². The van der Waals surface area contributed by atoms with Crippen LogP contribution in [-0.2, 0) is 32.6 Å². The van der Waals surface area contributed by atoms with Crippen molar-refractivity contribution < 1.29 is 18.0 Å². The van der Waals surface area contributed by atoms with Gasteiger partial charge in [-0.15, -0.1) is 0 Å². The first-order valence-electron chi connectivity index (χ1n) is 14.1. The molecule has 224 valence electrons. The van der Waals surface area contributed by atoms with Crippen molar-refractivity contribution in [2.75, 3.05) is 10.8 Å². The van der Waals surface area contributed by atoms with E-state index in [4.69, 9.17) is 11.6 Å². The van der Waals surface area contributed by atoms with Gasteiger partial charge in [0.15, 0.2) is 0 Å². The molecule has 0 heterocycles. The minimum Gasteiger partial charge on any atom is -0.352 e. The fourth-order valence-electron chi connectivity index (χ4n) is 4.82. The monoisotopic (exact) mass is 617 g/mol. The first kappa shape index (κ1) is 31.8. The van der Waals surface area contributed by atoms with E-state index >= 15 is 0 Å². The van der Waals surface area contributed by atoms with E-state index in [0.717, 1.165) is 9.87 Å². The topological polar surface area (TPSA) is 86.8 Å². The predicted molar refractivity (Wildman–Crippen MR) is 171 cm³/mol. The number of amides is 2. The van der Waals surface area contributed by atoms with Crippen molar-refractivity contribution in [3.8, 4) is 0 Å². The van der Waals surface area contributed by atoms with Crippen molar-refractivity contribution in [3.63, 3.8) is 0 Å². The van der Waals surface area contributed by atoms with E-state index < -0.39 is 28.5 Å². The van der Waals surface area contributed by atoms with Gasteiger partial charge in [-0.3, -0.25) is 13.9 Å². The first-order chi connectivity index (χ1) is 20.6. The van der Waals surface area contributed by atoms with Gasteiger partial charge < -0.3 is 10.2 Å². The highest BCUT2D eigenvalue weighted by Gasteiger charge is 2.35. The Labute approximate surface area is 259 Å². The fourth-order valence-corrected chi connectivity index (χ4v) is 6.52. The van der Waals surface area contributed by atoms with E-state index in [1.807, 2.05) is 56.3 Å². The summed E-state index contributed by atoms with van der Waals surface area (Å²) in [5.74, 6) is -0.880. The second-order valence-electron chi connectivity index (χ2n) is 10.6. The molecule has 4 aromatic carbocycles. The number of carbonyl (C=O) groups excluding carboxylic acids is 2. The lowest BCUT2D eigenvalue weighted by molar-refractivity contribution is -0.140. The number of hydrogen-bond donors (Lipinski definition) is 1. The van der Waals surface area contributed by atoms with Crippen LogP contribution in [0.25, 0.3) is 0 Å². The van der Waals surface area contributed by atoms with Crippen molar-refractivity contribution in [1.29, 1.82) is 0 Å². The van der Waals surface area contributed by atoms with E-state index in [1.54, 1.807) is 61.5 Å². The zero-order valence-electron chi connectivity index (χ0n) is 24.5. The first-order valence-corrected chi connectivity index (χ1v) is 15.9. The molecule has 2 amide bonds. The lowest BCUT2D eigenvalue weighted by Crippen LogP contribution is -2.54. The van der Waals surface area contributed by atoms with Gasteiger partial charge in [0, 0.05) is 24.0 Å². The Hall–Kier alpha value is -4.14. The Kier molecular flexibility index (Phi) is 10.6. The van der Waals surface area contributed by atoms with Crippen molar-refractivity contribution in [1.82, 2.24) is 10.2 Å². The Morgan fingerprint density at radius 2 is 1.40 bits per heavy atom. The van der Waals surface area contributed by atoms with E-state index in [-0.39, 0.29) is 29.8 Å². The van der Waals surface area contributed by atoms with Crippen LogP contribution < -0.4 is 9.62 Å². The van der Waals surface area contributed by atoms with Gasteiger partial charge in [-0.05, 0) is 61.7 Å². The molecule has 0 saturated heterocycles. The molecule has 7 nitrogen and oxygen atoms in total. The summed E-state index contributed by atoms with van der Waals surface area (Å²) in [6, 6.07) is 30.4. The van der Waals surface area contributed by atoms with E-state index in [1.165, 1.54) is 17.0 Å². The van der Waals surface area contributed by atoms with Gasteiger partial charge in [0.2, 0.25) is 11.8 Å². The van der Waals surface area contributed by atoms with Gasteiger partial charge in [0.1, 0.15) is 12.6 Å². The molecule has 0 aliphatic carbocycles. The molecular weight excluding hydrogens is 582 g/mol. The summed E-state index contributed by atoms with van der Waals surface area (Å²) in [5, 5.41) is 3.39. The standard InChI is InChI=1S/C34H36ClN3O4S/c1-25(2)36-34(40)32(22-27-15-6-4-7-16-27)37(23-28-17-11-12-20-30(28)35)33(39)24-38(31-21-13-10-14-26(31)3)43(41,42)29-18-8-5-9-19-29/h4-21,25,32H,22-24H2,1-3H3,(H,36,40). The second-order valence-corrected chi connectivity index (χ2v) is 12.9. The second kappa shape index (κ2) is 14.4. The van der Waals surface area contributed by atoms with Crippen LogP contribution in [0.5, 0.6) is 0 Å². The number of aryl methyl sites for hydroxylation is 1. The summed E-state index contributed by atoms with van der Waals surface area (Å²) in [6.07, 6.45) is 0.228. The number of nitrogens with zero attached hydrogens (tertiary/aromatic N) is 2. The maximum atomic E-state index is 14.5. The summed E-state index contributed by atoms with van der Waals surface area (Å²) in [4.78, 5) is 29.7. The van der Waals surface area contributed by atoms with Crippen LogP contribution in [0.2, 0.25) is 5.02 Å². The van der Waals surface area contributed by atoms with Gasteiger partial charge in [-0.25, -0.2) is 8.42 Å². The number of nitrogens with one attached hydrogen (secondary N) is 1. The summed E-state index contributed by atoms with van der Waals surface area (Å²) in [7, 11) is -4.15. The van der Waals surface area contributed by atoms with E-state index in [2.05, 4.69) is 5.32 Å². The largest absolute Gasteiger partial charge is 0.352 e. The average molecular weight is 618 g/mol. The zero-order chi connectivity index (χ0) is 31.0. The molecule has 1 N–H and O–H groups in total. The lowest BCUT2D eigenvalue weighted by atomic mass is 10.0. The molecule has 0 radical (unpaired) electrons. The smallest absolute Gasteiger partial charge is 0.264 e. The fraction of sp³-hybridized carbons (Fsp3) is 0.235. The zero-order valence-corrected chi connectivity index (χ0v) is 26.1. The predicted octanol–water partition coefficient (Wildman–Crippen LogP) is 6.01. The quantitative estimate of drug-likeness (QED) is 0.211. The molecule has 0 saturated carbocycles. The minimum absolute atomic E-state index is 0.00845. The Bertz CT molecular complexity index is 1650. The third kappa shape index (κ3) is 8.03. The van der Waals surface area contributed by atoms with Crippen LogP contribution in [0, 0.1) is 6.92 Å². The molecule has 43 heavy (non-hydrogen) atoms.